The first-order chi connectivity index (χ1) is 13.1. The molecule has 3 rings (SSSR count). The van der Waals surface area contributed by atoms with Crippen LogP contribution in [0.3, 0.4) is 0 Å². The number of rotatable bonds is 8. The highest BCUT2D eigenvalue weighted by molar-refractivity contribution is 5.85. The fraction of sp³-hybridized carbons (Fsp3) is 0.391. The van der Waals surface area contributed by atoms with Gasteiger partial charge in [-0.05, 0) is 50.2 Å². The van der Waals surface area contributed by atoms with Gasteiger partial charge in [0, 0.05) is 48.9 Å². The minimum Gasteiger partial charge on any atom is -0.457 e. The highest BCUT2D eigenvalue weighted by atomic mass is 16.5. The van der Waals surface area contributed by atoms with Crippen LogP contribution in [-0.4, -0.2) is 18.7 Å². The topological polar surface area (TPSA) is 35.4 Å². The van der Waals surface area contributed by atoms with Crippen LogP contribution in [0.5, 0.6) is 11.5 Å². The molecule has 0 bridgehead atoms. The Kier molecular flexibility index (Phi) is 6.19. The molecule has 3 aromatic rings. The molecule has 0 radical (unpaired) electrons. The molecular weight excluding hydrogens is 336 g/mol. The van der Waals surface area contributed by atoms with E-state index in [0.29, 0.717) is 0 Å². The molecule has 0 aliphatic rings. The molecule has 0 aliphatic heterocycles. The van der Waals surface area contributed by atoms with E-state index in [9.17, 15) is 0 Å². The Morgan fingerprint density at radius 3 is 2.63 bits per heavy atom. The van der Waals surface area contributed by atoms with Crippen LogP contribution in [0.4, 0.5) is 0 Å². The lowest BCUT2D eigenvalue weighted by Crippen LogP contribution is -2.08. The number of fused-ring (bicyclic) bond motifs is 1. The van der Waals surface area contributed by atoms with Crippen molar-refractivity contribution in [2.45, 2.75) is 39.3 Å². The SMILES string of the molecule is CCCC(OC)c1ccc(CNC)c(Oc2ccc3c(ccn3C)c2C)c1. The van der Waals surface area contributed by atoms with Crippen LogP contribution in [-0.2, 0) is 18.3 Å². The minimum atomic E-state index is 0.0960. The summed E-state index contributed by atoms with van der Waals surface area (Å²) in [5.41, 5.74) is 4.67. The third-order valence-corrected chi connectivity index (χ3v) is 5.17. The van der Waals surface area contributed by atoms with Crippen molar-refractivity contribution in [3.8, 4) is 11.5 Å². The Morgan fingerprint density at radius 1 is 1.11 bits per heavy atom. The molecule has 0 amide bonds. The normalized spacial score (nSPS) is 12.5. The maximum absolute atomic E-state index is 6.42. The molecule has 1 aromatic heterocycles. The second kappa shape index (κ2) is 8.59. The third-order valence-electron chi connectivity index (χ3n) is 5.17. The van der Waals surface area contributed by atoms with E-state index in [1.54, 1.807) is 7.11 Å². The van der Waals surface area contributed by atoms with E-state index < -0.39 is 0 Å². The highest BCUT2D eigenvalue weighted by Gasteiger charge is 2.15. The molecule has 0 fully saturated rings. The zero-order valence-corrected chi connectivity index (χ0v) is 17.0. The average molecular weight is 367 g/mol. The summed E-state index contributed by atoms with van der Waals surface area (Å²) in [6.45, 7) is 5.05. The van der Waals surface area contributed by atoms with Gasteiger partial charge in [0.05, 0.1) is 6.10 Å². The van der Waals surface area contributed by atoms with Crippen LogP contribution in [0, 0.1) is 6.92 Å². The Labute approximate surface area is 162 Å². The number of methoxy groups -OCH3 is 1. The van der Waals surface area contributed by atoms with Gasteiger partial charge in [-0.1, -0.05) is 25.5 Å². The van der Waals surface area contributed by atoms with Gasteiger partial charge in [0.15, 0.2) is 0 Å². The lowest BCUT2D eigenvalue weighted by Gasteiger charge is -2.19. The summed E-state index contributed by atoms with van der Waals surface area (Å²) in [5.74, 6) is 1.78. The minimum absolute atomic E-state index is 0.0960. The summed E-state index contributed by atoms with van der Waals surface area (Å²) in [7, 11) is 5.79. The number of nitrogens with zero attached hydrogens (tertiary/aromatic N) is 1. The maximum Gasteiger partial charge on any atom is 0.132 e. The number of benzene rings is 2. The Morgan fingerprint density at radius 2 is 1.93 bits per heavy atom. The highest BCUT2D eigenvalue weighted by Crippen LogP contribution is 2.35. The first-order valence-electron chi connectivity index (χ1n) is 9.61. The van der Waals surface area contributed by atoms with Crippen molar-refractivity contribution in [1.29, 1.82) is 0 Å². The average Bonchev–Trinajstić information content (AvgIpc) is 3.05. The van der Waals surface area contributed by atoms with E-state index in [2.05, 4.69) is 73.4 Å². The second-order valence-corrected chi connectivity index (χ2v) is 7.06. The van der Waals surface area contributed by atoms with E-state index >= 15 is 0 Å². The maximum atomic E-state index is 6.42. The molecule has 0 saturated heterocycles. The Bertz CT molecular complexity index is 914. The van der Waals surface area contributed by atoms with Gasteiger partial charge in [-0.3, -0.25) is 0 Å². The molecule has 1 atom stereocenters. The molecule has 27 heavy (non-hydrogen) atoms. The van der Waals surface area contributed by atoms with Crippen LogP contribution in [0.1, 0.15) is 42.6 Å². The quantitative estimate of drug-likeness (QED) is 0.573. The number of aryl methyl sites for hydroxylation is 2. The molecule has 4 heteroatoms. The standard InChI is InChI=1S/C23H30N2O2/c1-6-7-22(26-5)17-8-9-18(15-24-3)23(14-17)27-21-11-10-20-19(16(21)2)12-13-25(20)4/h8-14,22,24H,6-7,15H2,1-5H3. The van der Waals surface area contributed by atoms with Gasteiger partial charge in [0.25, 0.3) is 0 Å². The number of aromatic nitrogens is 1. The molecule has 1 heterocycles. The summed E-state index contributed by atoms with van der Waals surface area (Å²) in [6.07, 6.45) is 4.26. The number of hydrogen-bond acceptors (Lipinski definition) is 3. The number of nitrogens with one attached hydrogen (secondary N) is 1. The monoisotopic (exact) mass is 366 g/mol. The largest absolute Gasteiger partial charge is 0.457 e. The van der Waals surface area contributed by atoms with Gasteiger partial charge in [-0.2, -0.15) is 0 Å². The van der Waals surface area contributed by atoms with E-state index in [1.165, 1.54) is 10.9 Å². The summed E-state index contributed by atoms with van der Waals surface area (Å²) in [5, 5.41) is 4.46. The van der Waals surface area contributed by atoms with Crippen molar-refractivity contribution >= 4 is 10.9 Å². The van der Waals surface area contributed by atoms with Crippen LogP contribution >= 0.6 is 0 Å². The summed E-state index contributed by atoms with van der Waals surface area (Å²) in [6, 6.07) is 12.7. The van der Waals surface area contributed by atoms with Crippen molar-refractivity contribution in [2.24, 2.45) is 7.05 Å². The number of hydrogen-bond donors (Lipinski definition) is 1. The lowest BCUT2D eigenvalue weighted by molar-refractivity contribution is 0.0948. The van der Waals surface area contributed by atoms with Crippen molar-refractivity contribution in [2.75, 3.05) is 14.2 Å². The van der Waals surface area contributed by atoms with Gasteiger partial charge < -0.3 is 19.4 Å². The molecule has 0 aliphatic carbocycles. The third kappa shape index (κ3) is 4.02. The van der Waals surface area contributed by atoms with Crippen molar-refractivity contribution in [3.05, 3.63) is 59.3 Å². The van der Waals surface area contributed by atoms with Crippen LogP contribution in [0.15, 0.2) is 42.6 Å². The van der Waals surface area contributed by atoms with E-state index in [0.717, 1.165) is 47.6 Å². The van der Waals surface area contributed by atoms with Gasteiger partial charge in [-0.15, -0.1) is 0 Å². The second-order valence-electron chi connectivity index (χ2n) is 7.06. The summed E-state index contributed by atoms with van der Waals surface area (Å²) >= 11 is 0. The van der Waals surface area contributed by atoms with Crippen molar-refractivity contribution in [3.63, 3.8) is 0 Å². The molecule has 1 N–H and O–H groups in total. The Balaban J connectivity index is 2.00. The smallest absolute Gasteiger partial charge is 0.132 e. The van der Waals surface area contributed by atoms with Crippen LogP contribution in [0.25, 0.3) is 10.9 Å². The van der Waals surface area contributed by atoms with Gasteiger partial charge in [0.1, 0.15) is 11.5 Å². The first-order valence-corrected chi connectivity index (χ1v) is 9.61. The molecule has 0 saturated carbocycles. The van der Waals surface area contributed by atoms with Crippen molar-refractivity contribution in [1.82, 2.24) is 9.88 Å². The lowest BCUT2D eigenvalue weighted by atomic mass is 10.0. The predicted molar refractivity (Wildman–Crippen MR) is 112 cm³/mol. The molecule has 1 unspecified atom stereocenters. The fourth-order valence-corrected chi connectivity index (χ4v) is 3.59. The van der Waals surface area contributed by atoms with Crippen molar-refractivity contribution < 1.29 is 9.47 Å². The van der Waals surface area contributed by atoms with Crippen LogP contribution < -0.4 is 10.1 Å². The fourth-order valence-electron chi connectivity index (χ4n) is 3.59. The molecule has 0 spiro atoms. The first kappa shape index (κ1) is 19.5. The Hall–Kier alpha value is -2.30. The van der Waals surface area contributed by atoms with Gasteiger partial charge in [-0.25, -0.2) is 0 Å². The summed E-state index contributed by atoms with van der Waals surface area (Å²) < 4.78 is 14.2. The van der Waals surface area contributed by atoms with Gasteiger partial charge >= 0.3 is 0 Å². The summed E-state index contributed by atoms with van der Waals surface area (Å²) in [4.78, 5) is 0. The number of ether oxygens (including phenoxy) is 2. The predicted octanol–water partition coefficient (Wildman–Crippen LogP) is 5.49. The van der Waals surface area contributed by atoms with E-state index in [1.807, 2.05) is 7.05 Å². The van der Waals surface area contributed by atoms with Gasteiger partial charge in [0.2, 0.25) is 0 Å². The molecule has 2 aromatic carbocycles. The molecule has 4 nitrogen and oxygen atoms in total. The van der Waals surface area contributed by atoms with E-state index in [4.69, 9.17) is 9.47 Å². The molecule has 144 valence electrons. The van der Waals surface area contributed by atoms with E-state index in [-0.39, 0.29) is 6.10 Å². The van der Waals surface area contributed by atoms with Crippen LogP contribution in [0.2, 0.25) is 0 Å². The molecular formula is C23H30N2O2. The zero-order chi connectivity index (χ0) is 19.4. The zero-order valence-electron chi connectivity index (χ0n) is 17.0.